The lowest BCUT2D eigenvalue weighted by molar-refractivity contribution is -0.140. The Morgan fingerprint density at radius 1 is 1.33 bits per heavy atom. The first-order chi connectivity index (χ1) is 15.8. The highest BCUT2D eigenvalue weighted by Gasteiger charge is 2.47. The van der Waals surface area contributed by atoms with Gasteiger partial charge in [0.25, 0.3) is 11.7 Å². The van der Waals surface area contributed by atoms with E-state index in [1.165, 1.54) is 4.90 Å². The predicted molar refractivity (Wildman–Crippen MR) is 124 cm³/mol. The van der Waals surface area contributed by atoms with Crippen LogP contribution in [0.1, 0.15) is 60.9 Å². The number of Topliss-reactive ketones (excluding diaryl/α,β-unsaturated/α-hetero) is 1. The highest BCUT2D eigenvalue weighted by atomic mass is 16.5. The Labute approximate surface area is 194 Å². The van der Waals surface area contributed by atoms with Crippen LogP contribution in [-0.2, 0) is 14.3 Å². The van der Waals surface area contributed by atoms with E-state index in [-0.39, 0.29) is 23.4 Å². The standard InChI is InChI=1S/C26H30N2O5/c1-15(2)19-12-20(16(3)11-21(19)32-4)24(29)22-23(17-7-5-9-27-13-17)28(26(31)25(22)30)14-18-8-6-10-33-18/h5,7,9,11-13,15,18,23,29H,6,8,10,14H2,1-4H3/b24-22+. The van der Waals surface area contributed by atoms with Crippen molar-refractivity contribution in [2.45, 2.75) is 51.7 Å². The van der Waals surface area contributed by atoms with Gasteiger partial charge in [-0.1, -0.05) is 19.9 Å². The van der Waals surface area contributed by atoms with E-state index >= 15 is 0 Å². The second kappa shape index (κ2) is 9.35. The van der Waals surface area contributed by atoms with Gasteiger partial charge in [-0.15, -0.1) is 0 Å². The SMILES string of the molecule is COc1cc(C)c(/C(O)=C2\C(=O)C(=O)N(CC3CCCO3)C2c2cccnc2)cc1C(C)C. The maximum atomic E-state index is 13.2. The Balaban J connectivity index is 1.87. The number of carbonyl (C=O) groups is 2. The van der Waals surface area contributed by atoms with Crippen molar-refractivity contribution in [1.82, 2.24) is 9.88 Å². The first kappa shape index (κ1) is 23.0. The molecule has 0 radical (unpaired) electrons. The van der Waals surface area contributed by atoms with Crippen LogP contribution in [0.15, 0.2) is 42.2 Å². The molecule has 2 atom stereocenters. The summed E-state index contributed by atoms with van der Waals surface area (Å²) in [6, 6.07) is 6.55. The summed E-state index contributed by atoms with van der Waals surface area (Å²) in [6.07, 6.45) is 4.90. The number of carbonyl (C=O) groups excluding carboxylic acids is 2. The number of benzene rings is 1. The average Bonchev–Trinajstić information content (AvgIpc) is 3.41. The molecule has 1 amide bonds. The van der Waals surface area contributed by atoms with Crippen LogP contribution in [0.3, 0.4) is 0 Å². The molecule has 7 nitrogen and oxygen atoms in total. The lowest BCUT2D eigenvalue weighted by atomic mass is 9.91. The second-order valence-corrected chi connectivity index (χ2v) is 8.94. The Morgan fingerprint density at radius 2 is 2.12 bits per heavy atom. The van der Waals surface area contributed by atoms with Gasteiger partial charge in [0, 0.05) is 31.1 Å². The summed E-state index contributed by atoms with van der Waals surface area (Å²) in [5, 5.41) is 11.5. The van der Waals surface area contributed by atoms with Gasteiger partial charge in [0.2, 0.25) is 0 Å². The van der Waals surface area contributed by atoms with E-state index in [1.807, 2.05) is 39.0 Å². The number of rotatable bonds is 6. The van der Waals surface area contributed by atoms with E-state index in [4.69, 9.17) is 9.47 Å². The number of amides is 1. The molecule has 2 aliphatic rings. The molecule has 1 aromatic carbocycles. The number of hydrogen-bond acceptors (Lipinski definition) is 6. The predicted octanol–water partition coefficient (Wildman–Crippen LogP) is 4.12. The van der Waals surface area contributed by atoms with Gasteiger partial charge in [-0.05, 0) is 60.6 Å². The molecule has 2 aromatic rings. The van der Waals surface area contributed by atoms with E-state index in [0.29, 0.717) is 24.3 Å². The van der Waals surface area contributed by atoms with E-state index in [2.05, 4.69) is 4.98 Å². The van der Waals surface area contributed by atoms with Crippen LogP contribution < -0.4 is 4.74 Å². The molecule has 0 spiro atoms. The van der Waals surface area contributed by atoms with Crippen LogP contribution in [0.2, 0.25) is 0 Å². The van der Waals surface area contributed by atoms with E-state index in [1.54, 1.807) is 25.6 Å². The van der Waals surface area contributed by atoms with Crippen molar-refractivity contribution < 1.29 is 24.2 Å². The number of aryl methyl sites for hydroxylation is 1. The first-order valence-corrected chi connectivity index (χ1v) is 11.3. The lowest BCUT2D eigenvalue weighted by Crippen LogP contribution is -2.36. The number of ketones is 1. The average molecular weight is 451 g/mol. The molecular formula is C26H30N2O5. The molecule has 2 unspecified atom stereocenters. The Hall–Kier alpha value is -3.19. The summed E-state index contributed by atoms with van der Waals surface area (Å²) in [6.45, 7) is 6.86. The molecular weight excluding hydrogens is 420 g/mol. The van der Waals surface area contributed by atoms with Crippen molar-refractivity contribution in [1.29, 1.82) is 0 Å². The fourth-order valence-corrected chi connectivity index (χ4v) is 4.69. The van der Waals surface area contributed by atoms with Crippen LogP contribution in [0.5, 0.6) is 5.75 Å². The summed E-state index contributed by atoms with van der Waals surface area (Å²) < 4.78 is 11.3. The van der Waals surface area contributed by atoms with Crippen LogP contribution >= 0.6 is 0 Å². The molecule has 33 heavy (non-hydrogen) atoms. The molecule has 2 aliphatic heterocycles. The van der Waals surface area contributed by atoms with Crippen LogP contribution in [-0.4, -0.2) is 53.0 Å². The van der Waals surface area contributed by atoms with E-state index in [0.717, 1.165) is 29.7 Å². The number of aromatic nitrogens is 1. The number of methoxy groups -OCH3 is 1. The highest BCUT2D eigenvalue weighted by Crippen LogP contribution is 2.41. The summed E-state index contributed by atoms with van der Waals surface area (Å²) >= 11 is 0. The normalized spacial score (nSPS) is 22.4. The topological polar surface area (TPSA) is 89.0 Å². The maximum Gasteiger partial charge on any atom is 0.295 e. The van der Waals surface area contributed by atoms with Crippen molar-refractivity contribution >= 4 is 17.4 Å². The Morgan fingerprint density at radius 3 is 2.73 bits per heavy atom. The summed E-state index contributed by atoms with van der Waals surface area (Å²) in [4.78, 5) is 32.1. The van der Waals surface area contributed by atoms with Gasteiger partial charge in [0.05, 0.1) is 24.8 Å². The molecule has 0 saturated carbocycles. The number of nitrogens with zero attached hydrogens (tertiary/aromatic N) is 2. The van der Waals surface area contributed by atoms with Crippen molar-refractivity contribution in [3.8, 4) is 5.75 Å². The first-order valence-electron chi connectivity index (χ1n) is 11.3. The quantitative estimate of drug-likeness (QED) is 0.405. The number of likely N-dealkylation sites (tertiary alicyclic amines) is 1. The third-order valence-corrected chi connectivity index (χ3v) is 6.42. The van der Waals surface area contributed by atoms with Crippen molar-refractivity contribution in [3.63, 3.8) is 0 Å². The van der Waals surface area contributed by atoms with Crippen molar-refractivity contribution in [3.05, 3.63) is 64.5 Å². The zero-order valence-electron chi connectivity index (χ0n) is 19.5. The zero-order chi connectivity index (χ0) is 23.7. The van der Waals surface area contributed by atoms with Gasteiger partial charge in [-0.3, -0.25) is 14.6 Å². The minimum absolute atomic E-state index is 0.0777. The number of pyridine rings is 1. The third-order valence-electron chi connectivity index (χ3n) is 6.42. The third kappa shape index (κ3) is 4.25. The van der Waals surface area contributed by atoms with E-state index < -0.39 is 17.7 Å². The molecule has 2 saturated heterocycles. The van der Waals surface area contributed by atoms with Gasteiger partial charge < -0.3 is 19.5 Å². The molecule has 1 N–H and O–H groups in total. The molecule has 0 aliphatic carbocycles. The monoisotopic (exact) mass is 450 g/mol. The lowest BCUT2D eigenvalue weighted by Gasteiger charge is -2.27. The van der Waals surface area contributed by atoms with E-state index in [9.17, 15) is 14.7 Å². The molecule has 174 valence electrons. The molecule has 4 rings (SSSR count). The van der Waals surface area contributed by atoms with Gasteiger partial charge >= 0.3 is 0 Å². The zero-order valence-corrected chi connectivity index (χ0v) is 19.5. The van der Waals surface area contributed by atoms with Crippen LogP contribution in [0, 0.1) is 6.92 Å². The van der Waals surface area contributed by atoms with Crippen LogP contribution in [0.25, 0.3) is 5.76 Å². The summed E-state index contributed by atoms with van der Waals surface area (Å²) in [7, 11) is 1.61. The van der Waals surface area contributed by atoms with Crippen LogP contribution in [0.4, 0.5) is 0 Å². The summed E-state index contributed by atoms with van der Waals surface area (Å²) in [5.41, 5.74) is 2.93. The van der Waals surface area contributed by atoms with Crippen molar-refractivity contribution in [2.24, 2.45) is 0 Å². The number of aliphatic hydroxyl groups is 1. The Kier molecular flexibility index (Phi) is 6.51. The number of ether oxygens (including phenoxy) is 2. The van der Waals surface area contributed by atoms with Gasteiger partial charge in [-0.2, -0.15) is 0 Å². The largest absolute Gasteiger partial charge is 0.507 e. The minimum Gasteiger partial charge on any atom is -0.507 e. The van der Waals surface area contributed by atoms with Gasteiger partial charge in [0.15, 0.2) is 0 Å². The van der Waals surface area contributed by atoms with Gasteiger partial charge in [0.1, 0.15) is 11.5 Å². The van der Waals surface area contributed by atoms with Gasteiger partial charge in [-0.25, -0.2) is 0 Å². The molecule has 1 aromatic heterocycles. The fourth-order valence-electron chi connectivity index (χ4n) is 4.69. The highest BCUT2D eigenvalue weighted by molar-refractivity contribution is 6.46. The Bertz CT molecular complexity index is 1090. The molecule has 2 fully saturated rings. The number of aliphatic hydroxyl groups excluding tert-OH is 1. The summed E-state index contributed by atoms with van der Waals surface area (Å²) in [5.74, 6) is -0.638. The van der Waals surface area contributed by atoms with Crippen molar-refractivity contribution in [2.75, 3.05) is 20.3 Å². The minimum atomic E-state index is -0.730. The smallest absolute Gasteiger partial charge is 0.295 e. The molecule has 3 heterocycles. The number of hydrogen-bond donors (Lipinski definition) is 1. The second-order valence-electron chi connectivity index (χ2n) is 8.94. The molecule has 7 heteroatoms. The maximum absolute atomic E-state index is 13.2. The fraction of sp³-hybridized carbons (Fsp3) is 0.423. The molecule has 0 bridgehead atoms.